The van der Waals surface area contributed by atoms with Crippen molar-refractivity contribution in [2.75, 3.05) is 13.4 Å². The Balaban J connectivity index is 4.00. The minimum atomic E-state index is -5.88. The van der Waals surface area contributed by atoms with Crippen molar-refractivity contribution in [3.05, 3.63) is 0 Å². The first kappa shape index (κ1) is 22.1. The number of carbonyl (C=O) groups is 3. The fourth-order valence-corrected chi connectivity index (χ4v) is 1.11. The van der Waals surface area contributed by atoms with E-state index < -0.39 is 49.8 Å². The molecule has 0 fully saturated rings. The molecule has 140 valence electrons. The second-order valence-electron chi connectivity index (χ2n) is 5.12. The van der Waals surface area contributed by atoms with Gasteiger partial charge in [0, 0.05) is 6.42 Å². The third kappa shape index (κ3) is 9.26. The van der Waals surface area contributed by atoms with E-state index in [0.29, 0.717) is 6.42 Å². The molecule has 0 bridgehead atoms. The van der Waals surface area contributed by atoms with Crippen molar-refractivity contribution < 1.29 is 50.5 Å². The topological polar surface area (TPSA) is 78.9 Å². The molecule has 24 heavy (non-hydrogen) atoms. The highest BCUT2D eigenvalue weighted by molar-refractivity contribution is 5.91. The molecule has 0 saturated heterocycles. The second kappa shape index (κ2) is 9.38. The lowest BCUT2D eigenvalue weighted by atomic mass is 10.1. The van der Waals surface area contributed by atoms with E-state index in [2.05, 4.69) is 14.2 Å². The highest BCUT2D eigenvalue weighted by Gasteiger charge is 2.58. The van der Waals surface area contributed by atoms with Gasteiger partial charge >= 0.3 is 30.0 Å². The lowest BCUT2D eigenvalue weighted by Crippen LogP contribution is -2.41. The van der Waals surface area contributed by atoms with Gasteiger partial charge in [-0.05, 0) is 12.3 Å². The Labute approximate surface area is 134 Å². The Hall–Kier alpha value is -1.94. The minimum Gasteiger partial charge on any atom is -0.458 e. The zero-order valence-electron chi connectivity index (χ0n) is 13.0. The molecule has 0 atom stereocenters. The van der Waals surface area contributed by atoms with Crippen LogP contribution in [0.4, 0.5) is 22.0 Å². The van der Waals surface area contributed by atoms with Crippen LogP contribution in [0.1, 0.15) is 33.1 Å². The van der Waals surface area contributed by atoms with E-state index in [-0.39, 0.29) is 12.3 Å². The number of hydrogen-bond acceptors (Lipinski definition) is 6. The van der Waals surface area contributed by atoms with Gasteiger partial charge in [0.15, 0.2) is 6.61 Å². The average molecular weight is 364 g/mol. The largest absolute Gasteiger partial charge is 0.458 e. The fourth-order valence-electron chi connectivity index (χ4n) is 1.11. The summed E-state index contributed by atoms with van der Waals surface area (Å²) in [5.41, 5.74) is 0. The summed E-state index contributed by atoms with van der Waals surface area (Å²) in [6, 6.07) is 0. The van der Waals surface area contributed by atoms with E-state index in [4.69, 9.17) is 0 Å². The Morgan fingerprint density at radius 1 is 0.875 bits per heavy atom. The molecule has 0 aliphatic heterocycles. The standard InChI is InChI=1S/C13H17F5O6/c1-8(2)3-4-9(19)23-7-24-11(21)5-10(20)22-6-12(14,15)13(16,17)18/h8H,3-7H2,1-2H3. The quantitative estimate of drug-likeness (QED) is 0.271. The van der Waals surface area contributed by atoms with Crippen LogP contribution in [0.3, 0.4) is 0 Å². The summed E-state index contributed by atoms with van der Waals surface area (Å²) in [5, 5.41) is 0. The van der Waals surface area contributed by atoms with Gasteiger partial charge in [-0.15, -0.1) is 0 Å². The molecule has 0 amide bonds. The lowest BCUT2D eigenvalue weighted by molar-refractivity contribution is -0.294. The van der Waals surface area contributed by atoms with Crippen molar-refractivity contribution in [2.45, 2.75) is 45.2 Å². The number of halogens is 5. The van der Waals surface area contributed by atoms with Gasteiger partial charge in [0.05, 0.1) is 0 Å². The minimum absolute atomic E-state index is 0.0871. The van der Waals surface area contributed by atoms with Crippen LogP contribution in [-0.4, -0.2) is 43.4 Å². The van der Waals surface area contributed by atoms with Crippen LogP contribution in [0.25, 0.3) is 0 Å². The number of hydrogen-bond donors (Lipinski definition) is 0. The Morgan fingerprint density at radius 3 is 1.88 bits per heavy atom. The molecule has 0 unspecified atom stereocenters. The number of esters is 3. The maximum Gasteiger partial charge on any atom is 0.456 e. The molecular weight excluding hydrogens is 347 g/mol. The number of rotatable bonds is 9. The molecule has 0 saturated carbocycles. The molecule has 0 aliphatic rings. The van der Waals surface area contributed by atoms with Crippen LogP contribution in [0.5, 0.6) is 0 Å². The smallest absolute Gasteiger partial charge is 0.456 e. The zero-order valence-corrected chi connectivity index (χ0v) is 13.0. The Kier molecular flexibility index (Phi) is 8.62. The molecule has 0 spiro atoms. The van der Waals surface area contributed by atoms with Crippen LogP contribution in [0, 0.1) is 5.92 Å². The van der Waals surface area contributed by atoms with Crippen molar-refractivity contribution in [3.8, 4) is 0 Å². The second-order valence-corrected chi connectivity index (χ2v) is 5.12. The molecule has 0 rings (SSSR count). The predicted molar refractivity (Wildman–Crippen MR) is 67.7 cm³/mol. The van der Waals surface area contributed by atoms with E-state index in [0.717, 1.165) is 0 Å². The normalized spacial score (nSPS) is 12.0. The maximum atomic E-state index is 12.5. The van der Waals surface area contributed by atoms with Gasteiger partial charge in [0.2, 0.25) is 6.79 Å². The van der Waals surface area contributed by atoms with Crippen LogP contribution in [0.2, 0.25) is 0 Å². The summed E-state index contributed by atoms with van der Waals surface area (Å²) in [6.45, 7) is 0.705. The summed E-state index contributed by atoms with van der Waals surface area (Å²) < 4.78 is 72.9. The van der Waals surface area contributed by atoms with E-state index in [9.17, 15) is 36.3 Å². The highest BCUT2D eigenvalue weighted by Crippen LogP contribution is 2.35. The van der Waals surface area contributed by atoms with Gasteiger partial charge in [-0.1, -0.05) is 13.8 Å². The molecule has 0 aromatic heterocycles. The SMILES string of the molecule is CC(C)CCC(=O)OCOC(=O)CC(=O)OCC(F)(F)C(F)(F)F. The van der Waals surface area contributed by atoms with Gasteiger partial charge in [0.25, 0.3) is 0 Å². The summed E-state index contributed by atoms with van der Waals surface area (Å²) in [5.74, 6) is -8.55. The monoisotopic (exact) mass is 364 g/mol. The van der Waals surface area contributed by atoms with Gasteiger partial charge in [0.1, 0.15) is 6.42 Å². The molecular formula is C13H17F5O6. The van der Waals surface area contributed by atoms with Gasteiger partial charge in [-0.2, -0.15) is 22.0 Å². The zero-order chi connectivity index (χ0) is 19.0. The lowest BCUT2D eigenvalue weighted by Gasteiger charge is -2.18. The van der Waals surface area contributed by atoms with E-state index in [1.165, 1.54) is 0 Å². The Bertz CT molecular complexity index is 447. The first-order chi connectivity index (χ1) is 10.8. The predicted octanol–water partition coefficient (Wildman–Crippen LogP) is 2.60. The molecule has 0 aromatic carbocycles. The van der Waals surface area contributed by atoms with Crippen molar-refractivity contribution >= 4 is 17.9 Å². The van der Waals surface area contributed by atoms with Gasteiger partial charge in [-0.3, -0.25) is 14.4 Å². The van der Waals surface area contributed by atoms with Crippen molar-refractivity contribution in [1.82, 2.24) is 0 Å². The van der Waals surface area contributed by atoms with Crippen molar-refractivity contribution in [2.24, 2.45) is 5.92 Å². The summed E-state index contributed by atoms with van der Waals surface area (Å²) in [7, 11) is 0. The molecule has 0 radical (unpaired) electrons. The summed E-state index contributed by atoms with van der Waals surface area (Å²) in [4.78, 5) is 33.2. The van der Waals surface area contributed by atoms with Crippen LogP contribution < -0.4 is 0 Å². The summed E-state index contributed by atoms with van der Waals surface area (Å²) >= 11 is 0. The van der Waals surface area contributed by atoms with Crippen LogP contribution in [-0.2, 0) is 28.6 Å². The van der Waals surface area contributed by atoms with E-state index in [1.807, 2.05) is 13.8 Å². The fraction of sp³-hybridized carbons (Fsp3) is 0.769. The molecule has 0 aromatic rings. The van der Waals surface area contributed by atoms with Gasteiger partial charge in [-0.25, -0.2) is 0 Å². The highest BCUT2D eigenvalue weighted by atomic mass is 19.4. The molecule has 11 heteroatoms. The first-order valence-electron chi connectivity index (χ1n) is 6.76. The van der Waals surface area contributed by atoms with E-state index in [1.54, 1.807) is 0 Å². The number of carbonyl (C=O) groups excluding carboxylic acids is 3. The van der Waals surface area contributed by atoms with E-state index >= 15 is 0 Å². The third-order valence-electron chi connectivity index (χ3n) is 2.48. The van der Waals surface area contributed by atoms with Crippen molar-refractivity contribution in [3.63, 3.8) is 0 Å². The molecule has 0 N–H and O–H groups in total. The summed E-state index contributed by atoms with van der Waals surface area (Å²) in [6.07, 6.45) is -6.44. The maximum absolute atomic E-state index is 12.5. The average Bonchev–Trinajstić information content (AvgIpc) is 2.41. The molecule has 6 nitrogen and oxygen atoms in total. The Morgan fingerprint density at radius 2 is 1.38 bits per heavy atom. The van der Waals surface area contributed by atoms with Gasteiger partial charge < -0.3 is 14.2 Å². The number of alkyl halides is 5. The van der Waals surface area contributed by atoms with Crippen LogP contribution >= 0.6 is 0 Å². The number of ether oxygens (including phenoxy) is 3. The molecule has 0 aliphatic carbocycles. The third-order valence-corrected chi connectivity index (χ3v) is 2.48. The molecule has 0 heterocycles. The van der Waals surface area contributed by atoms with Crippen molar-refractivity contribution in [1.29, 1.82) is 0 Å². The van der Waals surface area contributed by atoms with Crippen LogP contribution in [0.15, 0.2) is 0 Å². The first-order valence-corrected chi connectivity index (χ1v) is 6.76.